The number of fused-ring (bicyclic) bond motifs is 1. The minimum Gasteiger partial charge on any atom is -0.343 e. The van der Waals surface area contributed by atoms with Crippen molar-refractivity contribution < 1.29 is 0 Å². The topological polar surface area (TPSA) is 48.8 Å². The summed E-state index contributed by atoms with van der Waals surface area (Å²) in [6.07, 6.45) is 7.10. The van der Waals surface area contributed by atoms with Crippen LogP contribution in [0.4, 0.5) is 0 Å². The number of nitrogens with zero attached hydrogens (tertiary/aromatic N) is 3. The Morgan fingerprint density at radius 1 is 1.21 bits per heavy atom. The summed E-state index contributed by atoms with van der Waals surface area (Å²) < 4.78 is 4.11. The van der Waals surface area contributed by atoms with Gasteiger partial charge in [0, 0.05) is 35.9 Å². The number of hydrogen-bond acceptors (Lipinski definition) is 2. The maximum Gasteiger partial charge on any atom is 0.0539 e. The molecule has 4 heteroatoms. The third-order valence-electron chi connectivity index (χ3n) is 3.40. The smallest absolute Gasteiger partial charge is 0.0539 e. The summed E-state index contributed by atoms with van der Waals surface area (Å²) in [4.78, 5) is 0. The number of hydrogen-bond donors (Lipinski definition) is 1. The zero-order valence-electron chi connectivity index (χ0n) is 11.1. The Bertz CT molecular complexity index is 693. The summed E-state index contributed by atoms with van der Waals surface area (Å²) in [6.45, 7) is 1.53. The van der Waals surface area contributed by atoms with Gasteiger partial charge in [0.25, 0.3) is 0 Å². The molecule has 4 nitrogen and oxygen atoms in total. The molecule has 1 aromatic carbocycles. The van der Waals surface area contributed by atoms with E-state index in [1.165, 1.54) is 22.0 Å². The lowest BCUT2D eigenvalue weighted by Crippen LogP contribution is -2.02. The first-order chi connectivity index (χ1) is 9.28. The molecule has 0 radical (unpaired) electrons. The maximum atomic E-state index is 5.69. The third kappa shape index (κ3) is 2.27. The van der Waals surface area contributed by atoms with Crippen molar-refractivity contribution in [3.8, 4) is 0 Å². The van der Waals surface area contributed by atoms with Crippen molar-refractivity contribution in [1.82, 2.24) is 14.3 Å². The summed E-state index contributed by atoms with van der Waals surface area (Å²) in [5.74, 6) is 0. The molecule has 3 rings (SSSR count). The molecule has 0 amide bonds. The van der Waals surface area contributed by atoms with Gasteiger partial charge in [-0.1, -0.05) is 18.2 Å². The lowest BCUT2D eigenvalue weighted by atomic mass is 10.1. The first kappa shape index (κ1) is 12.0. The van der Waals surface area contributed by atoms with Gasteiger partial charge in [0.2, 0.25) is 0 Å². The van der Waals surface area contributed by atoms with Gasteiger partial charge in [-0.2, -0.15) is 5.10 Å². The lowest BCUT2D eigenvalue weighted by molar-refractivity contribution is 0.764. The number of nitrogens with two attached hydrogens (primary N) is 1. The van der Waals surface area contributed by atoms with E-state index in [-0.39, 0.29) is 0 Å². The molecular formula is C15H18N4. The molecule has 19 heavy (non-hydrogen) atoms. The van der Waals surface area contributed by atoms with E-state index in [0.29, 0.717) is 6.54 Å². The number of para-hydroxylation sites is 1. The van der Waals surface area contributed by atoms with Crippen LogP contribution in [0.3, 0.4) is 0 Å². The van der Waals surface area contributed by atoms with Crippen LogP contribution in [0.1, 0.15) is 11.1 Å². The summed E-state index contributed by atoms with van der Waals surface area (Å²) in [6, 6.07) is 8.48. The minimum atomic E-state index is 0.681. The van der Waals surface area contributed by atoms with Crippen LogP contribution in [0, 0.1) is 0 Å². The quantitative estimate of drug-likeness (QED) is 0.773. The SMILES string of the molecule is Cn1cc(Cn2cc(CCN)c3ccccc32)cn1. The summed E-state index contributed by atoms with van der Waals surface area (Å²) in [5.41, 5.74) is 9.49. The molecule has 0 spiro atoms. The number of aromatic nitrogens is 3. The molecule has 2 N–H and O–H groups in total. The van der Waals surface area contributed by atoms with Gasteiger partial charge >= 0.3 is 0 Å². The molecule has 0 atom stereocenters. The molecule has 0 saturated heterocycles. The highest BCUT2D eigenvalue weighted by atomic mass is 15.2. The highest BCUT2D eigenvalue weighted by molar-refractivity contribution is 5.84. The average molecular weight is 254 g/mol. The Balaban J connectivity index is 2.03. The summed E-state index contributed by atoms with van der Waals surface area (Å²) >= 11 is 0. The van der Waals surface area contributed by atoms with E-state index in [2.05, 4.69) is 46.3 Å². The van der Waals surface area contributed by atoms with E-state index in [0.717, 1.165) is 13.0 Å². The fourth-order valence-electron chi connectivity index (χ4n) is 2.56. The van der Waals surface area contributed by atoms with Gasteiger partial charge in [-0.25, -0.2) is 0 Å². The van der Waals surface area contributed by atoms with Crippen molar-refractivity contribution in [2.75, 3.05) is 6.54 Å². The van der Waals surface area contributed by atoms with Crippen LogP contribution in [-0.2, 0) is 20.0 Å². The Labute approximate surface area is 112 Å². The molecular weight excluding hydrogens is 236 g/mol. The maximum absolute atomic E-state index is 5.69. The first-order valence-electron chi connectivity index (χ1n) is 6.52. The van der Waals surface area contributed by atoms with Crippen LogP contribution in [-0.4, -0.2) is 20.9 Å². The Kier molecular flexibility index (Phi) is 3.09. The molecule has 0 aliphatic rings. The third-order valence-corrected chi connectivity index (χ3v) is 3.40. The second-order valence-electron chi connectivity index (χ2n) is 4.86. The second kappa shape index (κ2) is 4.90. The van der Waals surface area contributed by atoms with Gasteiger partial charge in [0.1, 0.15) is 0 Å². The van der Waals surface area contributed by atoms with Crippen LogP contribution in [0.25, 0.3) is 10.9 Å². The largest absolute Gasteiger partial charge is 0.343 e. The second-order valence-corrected chi connectivity index (χ2v) is 4.86. The van der Waals surface area contributed by atoms with Crippen LogP contribution in [0.5, 0.6) is 0 Å². The van der Waals surface area contributed by atoms with E-state index >= 15 is 0 Å². The zero-order valence-corrected chi connectivity index (χ0v) is 11.1. The first-order valence-corrected chi connectivity index (χ1v) is 6.52. The monoisotopic (exact) mass is 254 g/mol. The molecule has 0 aliphatic carbocycles. The molecule has 98 valence electrons. The highest BCUT2D eigenvalue weighted by Crippen LogP contribution is 2.22. The number of aryl methyl sites for hydroxylation is 1. The minimum absolute atomic E-state index is 0.681. The fourth-order valence-corrected chi connectivity index (χ4v) is 2.56. The van der Waals surface area contributed by atoms with E-state index in [4.69, 9.17) is 5.73 Å². The summed E-state index contributed by atoms with van der Waals surface area (Å²) in [7, 11) is 1.94. The van der Waals surface area contributed by atoms with E-state index in [1.54, 1.807) is 0 Å². The Hall–Kier alpha value is -2.07. The van der Waals surface area contributed by atoms with Crippen LogP contribution < -0.4 is 5.73 Å². The molecule has 0 fully saturated rings. The standard InChI is InChI=1S/C15H18N4/c1-18-9-12(8-17-18)10-19-11-13(6-7-16)14-4-2-3-5-15(14)19/h2-5,8-9,11H,6-7,10,16H2,1H3. The average Bonchev–Trinajstić information content (AvgIpc) is 2.97. The van der Waals surface area contributed by atoms with Crippen LogP contribution in [0.15, 0.2) is 42.9 Å². The predicted octanol–water partition coefficient (Wildman–Crippen LogP) is 1.92. The Morgan fingerprint density at radius 3 is 2.79 bits per heavy atom. The Morgan fingerprint density at radius 2 is 2.05 bits per heavy atom. The van der Waals surface area contributed by atoms with Crippen LogP contribution >= 0.6 is 0 Å². The molecule has 0 aliphatic heterocycles. The van der Waals surface area contributed by atoms with E-state index in [1.807, 2.05) is 17.9 Å². The van der Waals surface area contributed by atoms with E-state index < -0.39 is 0 Å². The highest BCUT2D eigenvalue weighted by Gasteiger charge is 2.08. The van der Waals surface area contributed by atoms with Crippen molar-refractivity contribution in [3.05, 3.63) is 54.0 Å². The van der Waals surface area contributed by atoms with Gasteiger partial charge in [-0.3, -0.25) is 4.68 Å². The molecule has 0 bridgehead atoms. The molecule has 2 heterocycles. The van der Waals surface area contributed by atoms with Crippen molar-refractivity contribution in [2.45, 2.75) is 13.0 Å². The van der Waals surface area contributed by atoms with Gasteiger partial charge in [0.05, 0.1) is 12.7 Å². The van der Waals surface area contributed by atoms with Gasteiger partial charge in [-0.05, 0) is 24.6 Å². The van der Waals surface area contributed by atoms with Crippen molar-refractivity contribution in [2.24, 2.45) is 12.8 Å². The van der Waals surface area contributed by atoms with Gasteiger partial charge in [-0.15, -0.1) is 0 Å². The van der Waals surface area contributed by atoms with Gasteiger partial charge in [0.15, 0.2) is 0 Å². The number of benzene rings is 1. The number of rotatable bonds is 4. The predicted molar refractivity (Wildman–Crippen MR) is 77.0 cm³/mol. The van der Waals surface area contributed by atoms with Crippen molar-refractivity contribution >= 4 is 10.9 Å². The molecule has 0 saturated carbocycles. The zero-order chi connectivity index (χ0) is 13.2. The molecule has 0 unspecified atom stereocenters. The summed E-state index contributed by atoms with van der Waals surface area (Å²) in [5, 5.41) is 5.52. The van der Waals surface area contributed by atoms with Crippen molar-refractivity contribution in [1.29, 1.82) is 0 Å². The fraction of sp³-hybridized carbons (Fsp3) is 0.267. The van der Waals surface area contributed by atoms with Crippen molar-refractivity contribution in [3.63, 3.8) is 0 Å². The van der Waals surface area contributed by atoms with Gasteiger partial charge < -0.3 is 10.3 Å². The molecule has 3 aromatic rings. The van der Waals surface area contributed by atoms with Crippen LogP contribution in [0.2, 0.25) is 0 Å². The van der Waals surface area contributed by atoms with E-state index in [9.17, 15) is 0 Å². The normalized spacial score (nSPS) is 11.3. The lowest BCUT2D eigenvalue weighted by Gasteiger charge is -2.02. The molecule has 2 aromatic heterocycles.